The summed E-state index contributed by atoms with van der Waals surface area (Å²) < 4.78 is 5.18. The van der Waals surface area contributed by atoms with Crippen molar-refractivity contribution in [2.45, 2.75) is 26.1 Å². The molecule has 0 saturated heterocycles. The fraction of sp³-hybridized carbons (Fsp3) is 0.714. The first-order chi connectivity index (χ1) is 4.20. The van der Waals surface area contributed by atoms with Crippen molar-refractivity contribution in [3.05, 3.63) is 12.7 Å². The lowest BCUT2D eigenvalue weighted by atomic mass is 10.3. The van der Waals surface area contributed by atoms with Crippen LogP contribution in [-0.4, -0.2) is 23.9 Å². The molecule has 0 saturated carbocycles. The molecular weight excluding hydrogens is 116 g/mol. The minimum Gasteiger partial charge on any atom is -0.393 e. The van der Waals surface area contributed by atoms with Crippen molar-refractivity contribution in [3.8, 4) is 0 Å². The quantitative estimate of drug-likeness (QED) is 0.574. The number of hydrogen-bond donors (Lipinski definition) is 1. The summed E-state index contributed by atoms with van der Waals surface area (Å²) in [5.74, 6) is 0. The molecule has 0 bridgehead atoms. The second-order valence-electron chi connectivity index (χ2n) is 2.14. The summed E-state index contributed by atoms with van der Waals surface area (Å²) >= 11 is 0. The van der Waals surface area contributed by atoms with E-state index in [0.717, 1.165) is 0 Å². The molecule has 1 atom stereocenters. The summed E-state index contributed by atoms with van der Waals surface area (Å²) in [7, 11) is 0. The summed E-state index contributed by atoms with van der Waals surface area (Å²) in [6.07, 6.45) is 1.55. The van der Waals surface area contributed by atoms with E-state index in [1.807, 2.05) is 13.8 Å². The molecule has 2 heteroatoms. The Balaban J connectivity index is 3.42. The molecule has 0 aromatic rings. The van der Waals surface area contributed by atoms with Crippen molar-refractivity contribution in [2.24, 2.45) is 0 Å². The van der Waals surface area contributed by atoms with Crippen LogP contribution in [0.4, 0.5) is 0 Å². The molecular formula is C7H14O2. The van der Waals surface area contributed by atoms with Crippen molar-refractivity contribution in [2.75, 3.05) is 6.61 Å². The third-order valence-electron chi connectivity index (χ3n) is 0.890. The van der Waals surface area contributed by atoms with Gasteiger partial charge < -0.3 is 9.84 Å². The van der Waals surface area contributed by atoms with Gasteiger partial charge in [0.15, 0.2) is 0 Å². The topological polar surface area (TPSA) is 29.5 Å². The molecule has 0 fully saturated rings. The number of ether oxygens (including phenoxy) is 1. The van der Waals surface area contributed by atoms with Gasteiger partial charge in [-0.25, -0.2) is 0 Å². The van der Waals surface area contributed by atoms with Gasteiger partial charge in [-0.3, -0.25) is 0 Å². The molecule has 2 nitrogen and oxygen atoms in total. The minimum atomic E-state index is -0.204. The molecule has 9 heavy (non-hydrogen) atoms. The summed E-state index contributed by atoms with van der Waals surface area (Å²) in [4.78, 5) is 0. The van der Waals surface area contributed by atoms with Crippen molar-refractivity contribution in [1.82, 2.24) is 0 Å². The van der Waals surface area contributed by atoms with Crippen LogP contribution in [0.1, 0.15) is 13.8 Å². The fourth-order valence-electron chi connectivity index (χ4n) is 0.523. The average molecular weight is 130 g/mol. The Kier molecular flexibility index (Phi) is 4.36. The first-order valence-corrected chi connectivity index (χ1v) is 3.09. The van der Waals surface area contributed by atoms with Crippen molar-refractivity contribution < 1.29 is 9.84 Å². The van der Waals surface area contributed by atoms with Crippen LogP contribution in [0.15, 0.2) is 12.7 Å². The normalized spacial score (nSPS) is 13.8. The largest absolute Gasteiger partial charge is 0.393 e. The van der Waals surface area contributed by atoms with Gasteiger partial charge >= 0.3 is 0 Å². The van der Waals surface area contributed by atoms with Crippen molar-refractivity contribution >= 4 is 0 Å². The maximum Gasteiger partial charge on any atom is 0.0987 e. The monoisotopic (exact) mass is 130 g/mol. The van der Waals surface area contributed by atoms with Crippen LogP contribution in [0, 0.1) is 0 Å². The highest BCUT2D eigenvalue weighted by molar-refractivity contribution is 4.79. The van der Waals surface area contributed by atoms with E-state index < -0.39 is 0 Å². The van der Waals surface area contributed by atoms with E-state index in [2.05, 4.69) is 6.58 Å². The fourth-order valence-corrected chi connectivity index (χ4v) is 0.523. The summed E-state index contributed by atoms with van der Waals surface area (Å²) in [5.41, 5.74) is 0. The average Bonchev–Trinajstić information content (AvgIpc) is 1.82. The highest BCUT2D eigenvalue weighted by atomic mass is 16.5. The third kappa shape index (κ3) is 4.18. The van der Waals surface area contributed by atoms with E-state index in [-0.39, 0.29) is 18.8 Å². The Morgan fingerprint density at radius 1 is 1.67 bits per heavy atom. The molecule has 0 rings (SSSR count). The summed E-state index contributed by atoms with van der Waals surface area (Å²) in [6, 6.07) is 0. The number of rotatable bonds is 4. The van der Waals surface area contributed by atoms with Crippen molar-refractivity contribution in [1.29, 1.82) is 0 Å². The van der Waals surface area contributed by atoms with Gasteiger partial charge in [0.05, 0.1) is 18.8 Å². The van der Waals surface area contributed by atoms with Gasteiger partial charge in [-0.2, -0.15) is 0 Å². The zero-order valence-corrected chi connectivity index (χ0v) is 6.00. The predicted molar refractivity (Wildman–Crippen MR) is 37.3 cm³/mol. The lowest BCUT2D eigenvalue weighted by Gasteiger charge is -2.13. The molecule has 0 radical (unpaired) electrons. The molecule has 1 unspecified atom stereocenters. The number of aliphatic hydroxyl groups excluding tert-OH is 1. The number of hydrogen-bond acceptors (Lipinski definition) is 2. The lowest BCUT2D eigenvalue weighted by molar-refractivity contribution is 0.00428. The molecule has 0 aromatic heterocycles. The molecule has 0 amide bonds. The standard InChI is InChI=1S/C7H14O2/c1-4-7(5-8)9-6(2)3/h4,6-8H,1,5H2,2-3H3. The molecule has 0 heterocycles. The Labute approximate surface area is 56.1 Å². The molecule has 0 aliphatic carbocycles. The van der Waals surface area contributed by atoms with Gasteiger partial charge in [-0.05, 0) is 13.8 Å². The molecule has 0 aliphatic rings. The molecule has 1 N–H and O–H groups in total. The summed E-state index contributed by atoms with van der Waals surface area (Å²) in [6.45, 7) is 7.36. The van der Waals surface area contributed by atoms with E-state index in [9.17, 15) is 0 Å². The molecule has 0 aliphatic heterocycles. The van der Waals surface area contributed by atoms with E-state index in [1.54, 1.807) is 6.08 Å². The van der Waals surface area contributed by atoms with E-state index in [1.165, 1.54) is 0 Å². The van der Waals surface area contributed by atoms with Gasteiger partial charge in [-0.1, -0.05) is 6.08 Å². The zero-order chi connectivity index (χ0) is 7.28. The minimum absolute atomic E-state index is 0.0156. The Morgan fingerprint density at radius 3 is 2.33 bits per heavy atom. The molecule has 54 valence electrons. The Bertz CT molecular complexity index is 79.0. The van der Waals surface area contributed by atoms with Crippen LogP contribution < -0.4 is 0 Å². The van der Waals surface area contributed by atoms with Crippen LogP contribution in [0.3, 0.4) is 0 Å². The lowest BCUT2D eigenvalue weighted by Crippen LogP contribution is -2.18. The third-order valence-corrected chi connectivity index (χ3v) is 0.890. The van der Waals surface area contributed by atoms with Crippen LogP contribution >= 0.6 is 0 Å². The van der Waals surface area contributed by atoms with E-state index in [4.69, 9.17) is 9.84 Å². The van der Waals surface area contributed by atoms with E-state index >= 15 is 0 Å². The van der Waals surface area contributed by atoms with Gasteiger partial charge in [0.25, 0.3) is 0 Å². The van der Waals surface area contributed by atoms with Gasteiger partial charge in [0.2, 0.25) is 0 Å². The van der Waals surface area contributed by atoms with Crippen molar-refractivity contribution in [3.63, 3.8) is 0 Å². The second-order valence-corrected chi connectivity index (χ2v) is 2.14. The van der Waals surface area contributed by atoms with Gasteiger partial charge in [-0.15, -0.1) is 6.58 Å². The number of aliphatic hydroxyl groups is 1. The Morgan fingerprint density at radius 2 is 2.22 bits per heavy atom. The van der Waals surface area contributed by atoms with Gasteiger partial charge in [0, 0.05) is 0 Å². The van der Waals surface area contributed by atoms with Crippen LogP contribution in [0.2, 0.25) is 0 Å². The maximum atomic E-state index is 8.58. The SMILES string of the molecule is C=CC(CO)OC(C)C. The van der Waals surface area contributed by atoms with Crippen LogP contribution in [0.25, 0.3) is 0 Å². The first kappa shape index (κ1) is 8.66. The Hall–Kier alpha value is -0.340. The maximum absolute atomic E-state index is 8.58. The zero-order valence-electron chi connectivity index (χ0n) is 6.00. The van der Waals surface area contributed by atoms with Gasteiger partial charge in [0.1, 0.15) is 0 Å². The van der Waals surface area contributed by atoms with E-state index in [0.29, 0.717) is 0 Å². The predicted octanol–water partition coefficient (Wildman–Crippen LogP) is 0.958. The van der Waals surface area contributed by atoms with Crippen LogP contribution in [-0.2, 0) is 4.74 Å². The highest BCUT2D eigenvalue weighted by Gasteiger charge is 2.02. The molecule has 0 spiro atoms. The smallest absolute Gasteiger partial charge is 0.0987 e. The second kappa shape index (κ2) is 4.53. The highest BCUT2D eigenvalue weighted by Crippen LogP contribution is 1.96. The van der Waals surface area contributed by atoms with Crippen LogP contribution in [0.5, 0.6) is 0 Å². The molecule has 0 aromatic carbocycles. The summed E-state index contributed by atoms with van der Waals surface area (Å²) in [5, 5.41) is 8.58. The first-order valence-electron chi connectivity index (χ1n) is 3.09.